The Balaban J connectivity index is 1.30. The normalized spacial score (nSPS) is 13.6. The van der Waals surface area contributed by atoms with Crippen molar-refractivity contribution in [3.8, 4) is 17.3 Å². The molecule has 1 aliphatic rings. The van der Waals surface area contributed by atoms with Gasteiger partial charge in [-0.25, -0.2) is 18.4 Å². The molecule has 192 valence electrons. The first-order chi connectivity index (χ1) is 18.3. The van der Waals surface area contributed by atoms with Crippen molar-refractivity contribution in [3.05, 3.63) is 94.4 Å². The molecule has 0 fully saturated rings. The molecule has 38 heavy (non-hydrogen) atoms. The van der Waals surface area contributed by atoms with Gasteiger partial charge in [0.05, 0.1) is 29.3 Å². The number of aromatic amines is 1. The standard InChI is InChI=1S/C28H24F2N6O2/c1-15-10-25(38-27-20(29)4-3-5-21(27)30)32-13-24(15)36-28(31)18(12-33-36)26(37)23-11-17-19-14-35(2)9-8-16(19)6-7-22(17)34-23/h3-7,10-13,34H,8-9,14,31H2,1-2H3. The number of benzene rings is 2. The summed E-state index contributed by atoms with van der Waals surface area (Å²) in [5.41, 5.74) is 11.6. The molecule has 3 aromatic heterocycles. The molecular weight excluding hydrogens is 490 g/mol. The topological polar surface area (TPSA) is 102 Å². The fourth-order valence-electron chi connectivity index (χ4n) is 4.87. The number of likely N-dealkylation sites (N-methyl/N-ethyl adjacent to an activating group) is 1. The van der Waals surface area contributed by atoms with Crippen molar-refractivity contribution in [2.45, 2.75) is 19.9 Å². The SMILES string of the molecule is Cc1cc(Oc2c(F)cccc2F)ncc1-n1ncc(C(=O)c2cc3c4c(ccc3[nH]2)CCN(C)C4)c1N. The van der Waals surface area contributed by atoms with Crippen LogP contribution in [0.2, 0.25) is 0 Å². The molecule has 4 heterocycles. The van der Waals surface area contributed by atoms with Crippen LogP contribution in [-0.2, 0) is 13.0 Å². The lowest BCUT2D eigenvalue weighted by atomic mass is 9.96. The molecule has 0 unspecified atom stereocenters. The number of aromatic nitrogens is 4. The Hall–Kier alpha value is -4.57. The van der Waals surface area contributed by atoms with E-state index in [1.54, 1.807) is 6.92 Å². The minimum absolute atomic E-state index is 0.00401. The fourth-order valence-corrected chi connectivity index (χ4v) is 4.87. The van der Waals surface area contributed by atoms with E-state index in [1.807, 2.05) is 12.1 Å². The van der Waals surface area contributed by atoms with Gasteiger partial charge in [-0.1, -0.05) is 12.1 Å². The van der Waals surface area contributed by atoms with Crippen LogP contribution in [0.4, 0.5) is 14.6 Å². The Bertz CT molecular complexity index is 1700. The molecule has 6 rings (SSSR count). The summed E-state index contributed by atoms with van der Waals surface area (Å²) in [6, 6.07) is 11.0. The number of rotatable bonds is 5. The van der Waals surface area contributed by atoms with Crippen molar-refractivity contribution in [1.82, 2.24) is 24.6 Å². The highest BCUT2D eigenvalue weighted by molar-refractivity contribution is 6.12. The van der Waals surface area contributed by atoms with E-state index in [1.165, 1.54) is 40.3 Å². The summed E-state index contributed by atoms with van der Waals surface area (Å²) in [6.45, 7) is 3.58. The van der Waals surface area contributed by atoms with Crippen LogP contribution in [0.1, 0.15) is 32.7 Å². The molecule has 8 nitrogen and oxygen atoms in total. The summed E-state index contributed by atoms with van der Waals surface area (Å²) in [6.07, 6.45) is 3.82. The van der Waals surface area contributed by atoms with Crippen molar-refractivity contribution in [2.24, 2.45) is 0 Å². The van der Waals surface area contributed by atoms with Gasteiger partial charge in [0.1, 0.15) is 5.82 Å². The van der Waals surface area contributed by atoms with Gasteiger partial charge in [0, 0.05) is 30.1 Å². The molecule has 10 heteroatoms. The molecule has 0 radical (unpaired) electrons. The highest BCUT2D eigenvalue weighted by atomic mass is 19.1. The van der Waals surface area contributed by atoms with Crippen LogP contribution in [-0.4, -0.2) is 44.0 Å². The monoisotopic (exact) mass is 514 g/mol. The third-order valence-corrected chi connectivity index (χ3v) is 6.91. The number of pyridine rings is 1. The van der Waals surface area contributed by atoms with Gasteiger partial charge >= 0.3 is 0 Å². The fraction of sp³-hybridized carbons (Fsp3) is 0.179. The Morgan fingerprint density at radius 3 is 2.68 bits per heavy atom. The number of carbonyl (C=O) groups excluding carboxylic acids is 1. The summed E-state index contributed by atoms with van der Waals surface area (Å²) < 4.78 is 34.7. The zero-order chi connectivity index (χ0) is 26.6. The molecule has 0 atom stereocenters. The summed E-state index contributed by atoms with van der Waals surface area (Å²) in [7, 11) is 2.09. The van der Waals surface area contributed by atoms with E-state index >= 15 is 0 Å². The molecule has 3 N–H and O–H groups in total. The third kappa shape index (κ3) is 3.99. The molecule has 0 amide bonds. The van der Waals surface area contributed by atoms with Gasteiger partial charge in [0.15, 0.2) is 11.6 Å². The minimum Gasteiger partial charge on any atom is -0.433 e. The van der Waals surface area contributed by atoms with E-state index in [9.17, 15) is 13.6 Å². The number of para-hydroxylation sites is 1. The van der Waals surface area contributed by atoms with Gasteiger partial charge < -0.3 is 20.4 Å². The number of ether oxygens (including phenoxy) is 1. The molecular formula is C28H24F2N6O2. The number of hydrogen-bond donors (Lipinski definition) is 2. The predicted molar refractivity (Wildman–Crippen MR) is 139 cm³/mol. The van der Waals surface area contributed by atoms with E-state index in [4.69, 9.17) is 10.5 Å². The lowest BCUT2D eigenvalue weighted by Gasteiger charge is -2.25. The van der Waals surface area contributed by atoms with Crippen LogP contribution in [0.25, 0.3) is 16.6 Å². The van der Waals surface area contributed by atoms with Crippen molar-refractivity contribution in [1.29, 1.82) is 0 Å². The Labute approximate surface area is 216 Å². The van der Waals surface area contributed by atoms with Crippen molar-refractivity contribution >= 4 is 22.5 Å². The minimum atomic E-state index is -0.836. The maximum atomic E-state index is 14.0. The van der Waals surface area contributed by atoms with E-state index in [-0.39, 0.29) is 23.0 Å². The Kier molecular flexibility index (Phi) is 5.68. The van der Waals surface area contributed by atoms with Gasteiger partial charge in [-0.3, -0.25) is 4.79 Å². The molecule has 2 aromatic carbocycles. The third-order valence-electron chi connectivity index (χ3n) is 6.91. The van der Waals surface area contributed by atoms with Gasteiger partial charge in [-0.15, -0.1) is 0 Å². The second-order valence-corrected chi connectivity index (χ2v) is 9.48. The summed E-state index contributed by atoms with van der Waals surface area (Å²) in [4.78, 5) is 23.1. The molecule has 0 saturated carbocycles. The second kappa shape index (κ2) is 9.07. The Morgan fingerprint density at radius 2 is 1.92 bits per heavy atom. The highest BCUT2D eigenvalue weighted by Gasteiger charge is 2.23. The number of halogens is 2. The number of carbonyl (C=O) groups is 1. The zero-order valence-corrected chi connectivity index (χ0v) is 20.8. The van der Waals surface area contributed by atoms with E-state index in [0.717, 1.165) is 42.5 Å². The molecule has 5 aromatic rings. The molecule has 0 bridgehead atoms. The average Bonchev–Trinajstić information content (AvgIpc) is 3.50. The maximum absolute atomic E-state index is 14.0. The maximum Gasteiger partial charge on any atom is 0.219 e. The number of anilines is 1. The van der Waals surface area contributed by atoms with Crippen molar-refractivity contribution in [2.75, 3.05) is 19.3 Å². The second-order valence-electron chi connectivity index (χ2n) is 9.48. The van der Waals surface area contributed by atoms with Crippen LogP contribution in [0, 0.1) is 18.6 Å². The predicted octanol–water partition coefficient (Wildman–Crippen LogP) is 4.93. The number of hydrogen-bond acceptors (Lipinski definition) is 6. The molecule has 0 saturated heterocycles. The number of fused-ring (bicyclic) bond motifs is 3. The lowest BCUT2D eigenvalue weighted by molar-refractivity contribution is 0.103. The zero-order valence-electron chi connectivity index (χ0n) is 20.8. The van der Waals surface area contributed by atoms with Crippen molar-refractivity contribution in [3.63, 3.8) is 0 Å². The molecule has 0 spiro atoms. The first-order valence-corrected chi connectivity index (χ1v) is 12.1. The number of nitrogens with two attached hydrogens (primary N) is 1. The molecule has 0 aliphatic carbocycles. The number of ketones is 1. The highest BCUT2D eigenvalue weighted by Crippen LogP contribution is 2.31. The van der Waals surface area contributed by atoms with Crippen LogP contribution >= 0.6 is 0 Å². The van der Waals surface area contributed by atoms with Crippen LogP contribution in [0.5, 0.6) is 11.6 Å². The van der Waals surface area contributed by atoms with Gasteiger partial charge in [-0.05, 0) is 61.3 Å². The van der Waals surface area contributed by atoms with Crippen LogP contribution in [0.15, 0.2) is 54.9 Å². The first-order valence-electron chi connectivity index (χ1n) is 12.1. The van der Waals surface area contributed by atoms with Crippen LogP contribution < -0.4 is 10.5 Å². The number of aryl methyl sites for hydroxylation is 1. The van der Waals surface area contributed by atoms with Gasteiger partial charge in [0.2, 0.25) is 17.4 Å². The average molecular weight is 515 g/mol. The van der Waals surface area contributed by atoms with E-state index in [0.29, 0.717) is 16.9 Å². The number of nitrogens with zero attached hydrogens (tertiary/aromatic N) is 4. The smallest absolute Gasteiger partial charge is 0.219 e. The van der Waals surface area contributed by atoms with Crippen LogP contribution in [0.3, 0.4) is 0 Å². The quantitative estimate of drug-likeness (QED) is 0.323. The summed E-state index contributed by atoms with van der Waals surface area (Å²) in [5, 5.41) is 5.35. The summed E-state index contributed by atoms with van der Waals surface area (Å²) >= 11 is 0. The van der Waals surface area contributed by atoms with Gasteiger partial charge in [-0.2, -0.15) is 5.10 Å². The van der Waals surface area contributed by atoms with Crippen molar-refractivity contribution < 1.29 is 18.3 Å². The first kappa shape index (κ1) is 23.8. The lowest BCUT2D eigenvalue weighted by Crippen LogP contribution is -2.26. The Morgan fingerprint density at radius 1 is 1.13 bits per heavy atom. The molecule has 1 aliphatic heterocycles. The number of nitrogens with one attached hydrogen (secondary N) is 1. The number of H-pyrrole nitrogens is 1. The largest absolute Gasteiger partial charge is 0.433 e. The van der Waals surface area contributed by atoms with E-state index < -0.39 is 17.4 Å². The van der Waals surface area contributed by atoms with E-state index in [2.05, 4.69) is 33.1 Å². The summed E-state index contributed by atoms with van der Waals surface area (Å²) in [5.74, 6) is -2.33. The van der Waals surface area contributed by atoms with Gasteiger partial charge in [0.25, 0.3) is 0 Å². The number of nitrogen functional groups attached to an aromatic ring is 1.